The average Bonchev–Trinajstić information content (AvgIpc) is 3.23. The summed E-state index contributed by atoms with van der Waals surface area (Å²) in [7, 11) is 0. The van der Waals surface area contributed by atoms with Gasteiger partial charge in [0.05, 0.1) is 5.41 Å². The number of rotatable bonds is 3. The quantitative estimate of drug-likeness (QED) is 0.905. The van der Waals surface area contributed by atoms with E-state index in [0.717, 1.165) is 18.4 Å². The molecule has 0 aromatic heterocycles. The van der Waals surface area contributed by atoms with Crippen LogP contribution in [0.2, 0.25) is 0 Å². The Bertz CT molecular complexity index is 525. The molecular formula is C16H18F2O2. The van der Waals surface area contributed by atoms with Gasteiger partial charge >= 0.3 is 5.97 Å². The molecule has 2 aliphatic rings. The summed E-state index contributed by atoms with van der Waals surface area (Å²) < 4.78 is 26.7. The van der Waals surface area contributed by atoms with E-state index < -0.39 is 17.3 Å². The Balaban J connectivity index is 1.94. The van der Waals surface area contributed by atoms with Crippen molar-refractivity contribution in [2.75, 3.05) is 0 Å². The van der Waals surface area contributed by atoms with Crippen molar-refractivity contribution in [1.82, 2.24) is 0 Å². The van der Waals surface area contributed by atoms with Crippen molar-refractivity contribution in [2.24, 2.45) is 0 Å². The molecule has 2 nitrogen and oxygen atoms in total. The molecule has 1 N–H and O–H groups in total. The summed E-state index contributed by atoms with van der Waals surface area (Å²) in [6, 6.07) is 7.58. The Morgan fingerprint density at radius 1 is 1.15 bits per heavy atom. The number of hydrogen-bond donors (Lipinski definition) is 1. The van der Waals surface area contributed by atoms with Crippen LogP contribution >= 0.6 is 0 Å². The van der Waals surface area contributed by atoms with Crippen molar-refractivity contribution in [2.45, 2.75) is 55.8 Å². The van der Waals surface area contributed by atoms with E-state index in [9.17, 15) is 18.7 Å². The molecular weight excluding hydrogens is 262 g/mol. The van der Waals surface area contributed by atoms with Crippen molar-refractivity contribution in [1.29, 1.82) is 0 Å². The number of alkyl halides is 2. The van der Waals surface area contributed by atoms with Crippen molar-refractivity contribution in [3.63, 3.8) is 0 Å². The second kappa shape index (κ2) is 4.54. The zero-order valence-electron chi connectivity index (χ0n) is 11.2. The molecule has 3 rings (SSSR count). The third-order valence-corrected chi connectivity index (χ3v) is 4.73. The van der Waals surface area contributed by atoms with E-state index in [1.165, 1.54) is 0 Å². The topological polar surface area (TPSA) is 37.3 Å². The molecule has 2 aliphatic carbocycles. The summed E-state index contributed by atoms with van der Waals surface area (Å²) in [5.41, 5.74) is 0.720. The van der Waals surface area contributed by atoms with E-state index in [0.29, 0.717) is 11.5 Å². The maximum absolute atomic E-state index is 13.4. The molecule has 20 heavy (non-hydrogen) atoms. The highest BCUT2D eigenvalue weighted by atomic mass is 19.3. The van der Waals surface area contributed by atoms with Gasteiger partial charge in [-0.2, -0.15) is 0 Å². The molecule has 1 aromatic rings. The SMILES string of the molecule is O=C(O)C1(c2cccc(C3CC3)c2)CCC(F)(F)CC1. The number of halogens is 2. The first-order chi connectivity index (χ1) is 9.43. The number of carboxylic acid groups (broad SMARTS) is 1. The largest absolute Gasteiger partial charge is 0.481 e. The molecule has 0 spiro atoms. The first kappa shape index (κ1) is 13.5. The molecule has 0 amide bonds. The Morgan fingerprint density at radius 3 is 2.35 bits per heavy atom. The Morgan fingerprint density at radius 2 is 1.80 bits per heavy atom. The predicted molar refractivity (Wildman–Crippen MR) is 71.1 cm³/mol. The van der Waals surface area contributed by atoms with Gasteiger partial charge in [-0.25, -0.2) is 8.78 Å². The van der Waals surface area contributed by atoms with Crippen LogP contribution in [0, 0.1) is 0 Å². The fourth-order valence-corrected chi connectivity index (χ4v) is 3.18. The lowest BCUT2D eigenvalue weighted by Gasteiger charge is -2.37. The van der Waals surface area contributed by atoms with Gasteiger partial charge in [-0.05, 0) is 42.7 Å². The number of carboxylic acids is 1. The number of aliphatic carboxylic acids is 1. The lowest BCUT2D eigenvalue weighted by Crippen LogP contribution is -2.42. The van der Waals surface area contributed by atoms with Crippen LogP contribution in [0.4, 0.5) is 8.78 Å². The van der Waals surface area contributed by atoms with E-state index in [4.69, 9.17) is 0 Å². The van der Waals surface area contributed by atoms with E-state index in [1.807, 2.05) is 18.2 Å². The first-order valence-electron chi connectivity index (χ1n) is 7.15. The fourth-order valence-electron chi connectivity index (χ4n) is 3.18. The highest BCUT2D eigenvalue weighted by molar-refractivity contribution is 5.81. The van der Waals surface area contributed by atoms with E-state index in [1.54, 1.807) is 6.07 Å². The first-order valence-corrected chi connectivity index (χ1v) is 7.15. The van der Waals surface area contributed by atoms with Crippen molar-refractivity contribution < 1.29 is 18.7 Å². The van der Waals surface area contributed by atoms with E-state index in [-0.39, 0.29) is 25.7 Å². The minimum atomic E-state index is -2.72. The maximum atomic E-state index is 13.4. The minimum absolute atomic E-state index is 0.0173. The smallest absolute Gasteiger partial charge is 0.314 e. The van der Waals surface area contributed by atoms with Crippen LogP contribution < -0.4 is 0 Å². The van der Waals surface area contributed by atoms with Crippen LogP contribution in [0.25, 0.3) is 0 Å². The number of carbonyl (C=O) groups is 1. The van der Waals surface area contributed by atoms with Crippen molar-refractivity contribution in [3.8, 4) is 0 Å². The lowest BCUT2D eigenvalue weighted by molar-refractivity contribution is -0.149. The van der Waals surface area contributed by atoms with E-state index in [2.05, 4.69) is 0 Å². The highest BCUT2D eigenvalue weighted by Crippen LogP contribution is 2.47. The molecule has 0 bridgehead atoms. The zero-order valence-corrected chi connectivity index (χ0v) is 11.2. The molecule has 0 radical (unpaired) electrons. The van der Waals surface area contributed by atoms with Gasteiger partial charge in [-0.15, -0.1) is 0 Å². The lowest BCUT2D eigenvalue weighted by atomic mass is 9.68. The van der Waals surface area contributed by atoms with Gasteiger partial charge in [0.25, 0.3) is 0 Å². The van der Waals surface area contributed by atoms with Gasteiger partial charge in [0, 0.05) is 12.8 Å². The standard InChI is InChI=1S/C16H18F2O2/c17-16(18)8-6-15(7-9-16,14(19)20)13-3-1-2-12(10-13)11-4-5-11/h1-3,10-11H,4-9H2,(H,19,20). The second-order valence-electron chi connectivity index (χ2n) is 6.14. The second-order valence-corrected chi connectivity index (χ2v) is 6.14. The Hall–Kier alpha value is -1.45. The summed E-state index contributed by atoms with van der Waals surface area (Å²) in [5, 5.41) is 9.61. The minimum Gasteiger partial charge on any atom is -0.481 e. The van der Waals surface area contributed by atoms with Crippen LogP contribution in [-0.4, -0.2) is 17.0 Å². The zero-order chi connectivity index (χ0) is 14.4. The molecule has 0 unspecified atom stereocenters. The summed E-state index contributed by atoms with van der Waals surface area (Å²) in [5.74, 6) is -3.15. The predicted octanol–water partition coefficient (Wildman–Crippen LogP) is 4.10. The van der Waals surface area contributed by atoms with Crippen LogP contribution in [-0.2, 0) is 10.2 Å². The molecule has 0 heterocycles. The summed E-state index contributed by atoms with van der Waals surface area (Å²) >= 11 is 0. The molecule has 0 saturated heterocycles. The van der Waals surface area contributed by atoms with Gasteiger partial charge < -0.3 is 5.11 Å². The fraction of sp³-hybridized carbons (Fsp3) is 0.562. The number of benzene rings is 1. The van der Waals surface area contributed by atoms with Crippen LogP contribution in [0.5, 0.6) is 0 Å². The van der Waals surface area contributed by atoms with Crippen molar-refractivity contribution >= 4 is 5.97 Å². The Labute approximate surface area is 116 Å². The summed E-state index contributed by atoms with van der Waals surface area (Å²) in [4.78, 5) is 11.7. The number of hydrogen-bond acceptors (Lipinski definition) is 1. The van der Waals surface area contributed by atoms with Crippen LogP contribution in [0.1, 0.15) is 55.6 Å². The molecule has 0 atom stereocenters. The van der Waals surface area contributed by atoms with Gasteiger partial charge in [0.15, 0.2) is 0 Å². The average molecular weight is 280 g/mol. The third-order valence-electron chi connectivity index (χ3n) is 4.73. The molecule has 108 valence electrons. The van der Waals surface area contributed by atoms with Gasteiger partial charge in [0.1, 0.15) is 0 Å². The third kappa shape index (κ3) is 2.32. The molecule has 0 aliphatic heterocycles. The normalized spacial score (nSPS) is 24.3. The molecule has 2 saturated carbocycles. The van der Waals surface area contributed by atoms with Crippen LogP contribution in [0.15, 0.2) is 24.3 Å². The van der Waals surface area contributed by atoms with Crippen molar-refractivity contribution in [3.05, 3.63) is 35.4 Å². The maximum Gasteiger partial charge on any atom is 0.314 e. The van der Waals surface area contributed by atoms with Gasteiger partial charge in [-0.3, -0.25) is 4.79 Å². The molecule has 4 heteroatoms. The van der Waals surface area contributed by atoms with Gasteiger partial charge in [0.2, 0.25) is 5.92 Å². The summed E-state index contributed by atoms with van der Waals surface area (Å²) in [6.45, 7) is 0. The van der Waals surface area contributed by atoms with Gasteiger partial charge in [-0.1, -0.05) is 24.3 Å². The summed E-state index contributed by atoms with van der Waals surface area (Å²) in [6.07, 6.45) is 1.63. The monoisotopic (exact) mass is 280 g/mol. The Kier molecular flexibility index (Phi) is 3.07. The molecule has 1 aromatic carbocycles. The highest BCUT2D eigenvalue weighted by Gasteiger charge is 2.49. The van der Waals surface area contributed by atoms with Crippen LogP contribution in [0.3, 0.4) is 0 Å². The van der Waals surface area contributed by atoms with E-state index >= 15 is 0 Å². The molecule has 2 fully saturated rings.